The van der Waals surface area contributed by atoms with Crippen molar-refractivity contribution < 1.29 is 23.9 Å². The number of esters is 1. The van der Waals surface area contributed by atoms with Gasteiger partial charge in [-0.05, 0) is 19.9 Å². The number of hydrogen-bond acceptors (Lipinski definition) is 5. The van der Waals surface area contributed by atoms with Crippen LogP contribution < -0.4 is 10.1 Å². The monoisotopic (exact) mass is 344 g/mol. The van der Waals surface area contributed by atoms with Crippen LogP contribution in [0.2, 0.25) is 0 Å². The highest BCUT2D eigenvalue weighted by molar-refractivity contribution is 6.02. The van der Waals surface area contributed by atoms with Crippen LogP contribution in [0.25, 0.3) is 0 Å². The molecule has 132 valence electrons. The maximum atomic E-state index is 12.8. The van der Waals surface area contributed by atoms with Crippen molar-refractivity contribution >= 4 is 17.8 Å². The Kier molecular flexibility index (Phi) is 3.49. The average Bonchev–Trinajstić information content (AvgIpc) is 2.89. The second kappa shape index (κ2) is 5.47. The zero-order chi connectivity index (χ0) is 17.8. The molecule has 4 atom stereocenters. The molecule has 0 bridgehead atoms. The van der Waals surface area contributed by atoms with E-state index in [2.05, 4.69) is 5.32 Å². The molecule has 2 fully saturated rings. The Morgan fingerprint density at radius 2 is 2.16 bits per heavy atom. The number of para-hydroxylation sites is 1. The van der Waals surface area contributed by atoms with E-state index in [4.69, 9.17) is 9.47 Å². The number of benzene rings is 1. The molecule has 0 saturated carbocycles. The largest absolute Gasteiger partial charge is 0.493 e. The van der Waals surface area contributed by atoms with Crippen molar-refractivity contribution in [3.63, 3.8) is 0 Å². The zero-order valence-electron chi connectivity index (χ0n) is 14.2. The summed E-state index contributed by atoms with van der Waals surface area (Å²) in [5.74, 6) is -1.39. The Labute approximate surface area is 145 Å². The number of nitrogens with zero attached hydrogens (tertiary/aromatic N) is 1. The van der Waals surface area contributed by atoms with Gasteiger partial charge in [0.1, 0.15) is 11.3 Å². The van der Waals surface area contributed by atoms with Crippen molar-refractivity contribution in [1.82, 2.24) is 10.2 Å². The molecule has 1 aromatic carbocycles. The summed E-state index contributed by atoms with van der Waals surface area (Å²) in [6.45, 7) is 3.80. The summed E-state index contributed by atoms with van der Waals surface area (Å²) in [6.07, 6.45) is 0. The number of carbonyl (C=O) groups is 3. The molecule has 3 aliphatic heterocycles. The number of amides is 2. The molecular formula is C18H20N2O5. The molecule has 3 aliphatic rings. The third kappa shape index (κ3) is 2.01. The lowest BCUT2D eigenvalue weighted by atomic mass is 9.77. The van der Waals surface area contributed by atoms with Gasteiger partial charge in [-0.3, -0.25) is 14.4 Å². The Morgan fingerprint density at radius 1 is 1.40 bits per heavy atom. The van der Waals surface area contributed by atoms with E-state index in [1.54, 1.807) is 18.7 Å². The standard InChI is InChI=1S/C18H20N2O5/c1-3-24-16(22)14-11-9-25-12-7-5-4-6-10(12)15(11)20-13(21)8-19-17(23)18(14,20)2/h4-7,11,14-15H,3,8-9H2,1-2H3,(H,19,23)/t11-,14-,15+,18-/m1/s1. The van der Waals surface area contributed by atoms with Gasteiger partial charge in [0, 0.05) is 11.5 Å². The van der Waals surface area contributed by atoms with Gasteiger partial charge in [-0.1, -0.05) is 18.2 Å². The van der Waals surface area contributed by atoms with Crippen molar-refractivity contribution in [1.29, 1.82) is 0 Å². The van der Waals surface area contributed by atoms with E-state index in [-0.39, 0.29) is 43.5 Å². The van der Waals surface area contributed by atoms with Gasteiger partial charge in [-0.25, -0.2) is 0 Å². The molecular weight excluding hydrogens is 324 g/mol. The van der Waals surface area contributed by atoms with Crippen LogP contribution in [0, 0.1) is 11.8 Å². The SMILES string of the molecule is CCOC(=O)[C@H]1[C@H]2COc3ccccc3[C@@H]2N2C(=O)CNC(=O)[C@@]12C. The second-order valence-electron chi connectivity index (χ2n) is 6.78. The number of ether oxygens (including phenoxy) is 2. The molecule has 4 rings (SSSR count). The number of carbonyl (C=O) groups excluding carboxylic acids is 3. The molecule has 25 heavy (non-hydrogen) atoms. The molecule has 1 N–H and O–H groups in total. The highest BCUT2D eigenvalue weighted by atomic mass is 16.5. The minimum Gasteiger partial charge on any atom is -0.493 e. The zero-order valence-corrected chi connectivity index (χ0v) is 14.2. The van der Waals surface area contributed by atoms with Crippen molar-refractivity contribution in [3.8, 4) is 5.75 Å². The number of hydrogen-bond donors (Lipinski definition) is 1. The second-order valence-corrected chi connectivity index (χ2v) is 6.78. The van der Waals surface area contributed by atoms with Crippen LogP contribution in [-0.4, -0.2) is 48.0 Å². The number of nitrogens with one attached hydrogen (secondary N) is 1. The third-order valence-electron chi connectivity index (χ3n) is 5.56. The first kappa shape index (κ1) is 15.9. The lowest BCUT2D eigenvalue weighted by Gasteiger charge is -2.42. The number of piperazine rings is 1. The Morgan fingerprint density at radius 3 is 2.92 bits per heavy atom. The molecule has 0 spiro atoms. The van der Waals surface area contributed by atoms with Crippen LogP contribution in [0.1, 0.15) is 25.5 Å². The molecule has 7 heteroatoms. The molecule has 0 aromatic heterocycles. The van der Waals surface area contributed by atoms with Crippen LogP contribution in [0.15, 0.2) is 24.3 Å². The molecule has 3 heterocycles. The first-order valence-electron chi connectivity index (χ1n) is 8.49. The molecule has 0 aliphatic carbocycles. The summed E-state index contributed by atoms with van der Waals surface area (Å²) >= 11 is 0. The topological polar surface area (TPSA) is 84.9 Å². The smallest absolute Gasteiger partial charge is 0.312 e. The predicted molar refractivity (Wildman–Crippen MR) is 86.6 cm³/mol. The summed E-state index contributed by atoms with van der Waals surface area (Å²) < 4.78 is 11.1. The van der Waals surface area contributed by atoms with E-state index in [9.17, 15) is 14.4 Å². The van der Waals surface area contributed by atoms with Crippen molar-refractivity contribution in [2.75, 3.05) is 19.8 Å². The van der Waals surface area contributed by atoms with E-state index in [0.717, 1.165) is 5.56 Å². The Hall–Kier alpha value is -2.57. The quantitative estimate of drug-likeness (QED) is 0.796. The average molecular weight is 344 g/mol. The van der Waals surface area contributed by atoms with Gasteiger partial charge in [0.05, 0.1) is 31.7 Å². The van der Waals surface area contributed by atoms with Gasteiger partial charge < -0.3 is 19.7 Å². The van der Waals surface area contributed by atoms with Gasteiger partial charge in [-0.2, -0.15) is 0 Å². The molecule has 0 unspecified atom stereocenters. The minimum absolute atomic E-state index is 0.0593. The van der Waals surface area contributed by atoms with Crippen molar-refractivity contribution in [3.05, 3.63) is 29.8 Å². The van der Waals surface area contributed by atoms with E-state index >= 15 is 0 Å². The van der Waals surface area contributed by atoms with Crippen molar-refractivity contribution in [2.24, 2.45) is 11.8 Å². The van der Waals surface area contributed by atoms with Crippen LogP contribution in [0.4, 0.5) is 0 Å². The van der Waals surface area contributed by atoms with E-state index in [1.165, 1.54) is 0 Å². The number of fused-ring (bicyclic) bond motifs is 5. The normalized spacial score (nSPS) is 32.9. The summed E-state index contributed by atoms with van der Waals surface area (Å²) in [5.41, 5.74) is -0.447. The van der Waals surface area contributed by atoms with Crippen LogP contribution in [0.3, 0.4) is 0 Å². The van der Waals surface area contributed by atoms with Gasteiger partial charge >= 0.3 is 5.97 Å². The fourth-order valence-electron chi connectivity index (χ4n) is 4.55. The van der Waals surface area contributed by atoms with Gasteiger partial charge in [0.25, 0.3) is 0 Å². The van der Waals surface area contributed by atoms with Crippen LogP contribution >= 0.6 is 0 Å². The summed E-state index contributed by atoms with van der Waals surface area (Å²) in [7, 11) is 0. The van der Waals surface area contributed by atoms with Crippen molar-refractivity contribution in [2.45, 2.75) is 25.4 Å². The van der Waals surface area contributed by atoms with Gasteiger partial charge in [0.2, 0.25) is 11.8 Å². The van der Waals surface area contributed by atoms with Gasteiger partial charge in [0.15, 0.2) is 0 Å². The fourth-order valence-corrected chi connectivity index (χ4v) is 4.55. The Bertz CT molecular complexity index is 764. The molecule has 0 radical (unpaired) electrons. The van der Waals surface area contributed by atoms with E-state index < -0.39 is 17.4 Å². The summed E-state index contributed by atoms with van der Waals surface area (Å²) in [4.78, 5) is 39.8. The predicted octanol–water partition coefficient (Wildman–Crippen LogP) is 0.646. The fraction of sp³-hybridized carbons (Fsp3) is 0.500. The highest BCUT2D eigenvalue weighted by Crippen LogP contribution is 2.55. The summed E-state index contributed by atoms with van der Waals surface area (Å²) in [6, 6.07) is 7.09. The summed E-state index contributed by atoms with van der Waals surface area (Å²) in [5, 5.41) is 2.63. The molecule has 7 nitrogen and oxygen atoms in total. The van der Waals surface area contributed by atoms with E-state index in [1.807, 2.05) is 24.3 Å². The lowest BCUT2D eigenvalue weighted by molar-refractivity contribution is -0.162. The highest BCUT2D eigenvalue weighted by Gasteiger charge is 2.67. The number of rotatable bonds is 2. The Balaban J connectivity index is 1.89. The first-order valence-corrected chi connectivity index (χ1v) is 8.49. The van der Waals surface area contributed by atoms with E-state index in [0.29, 0.717) is 5.75 Å². The third-order valence-corrected chi connectivity index (χ3v) is 5.56. The molecule has 2 amide bonds. The van der Waals surface area contributed by atoms with Gasteiger partial charge in [-0.15, -0.1) is 0 Å². The minimum atomic E-state index is -1.28. The molecule has 1 aromatic rings. The molecule has 2 saturated heterocycles. The lowest BCUT2D eigenvalue weighted by Crippen LogP contribution is -2.66. The first-order chi connectivity index (χ1) is 12.0. The maximum absolute atomic E-state index is 12.8. The van der Waals surface area contributed by atoms with Crippen LogP contribution in [0.5, 0.6) is 5.75 Å². The maximum Gasteiger partial charge on any atom is 0.312 e. The van der Waals surface area contributed by atoms with Crippen LogP contribution in [-0.2, 0) is 19.1 Å².